The van der Waals surface area contributed by atoms with E-state index in [2.05, 4.69) is 51.2 Å². The molecule has 0 spiro atoms. The lowest BCUT2D eigenvalue weighted by Gasteiger charge is -2.39. The number of thiophene rings is 1. The summed E-state index contributed by atoms with van der Waals surface area (Å²) in [5.74, 6) is 1.17. The number of piperazine rings is 1. The summed E-state index contributed by atoms with van der Waals surface area (Å²) in [4.78, 5) is 30.0. The summed E-state index contributed by atoms with van der Waals surface area (Å²) < 4.78 is 42.5. The molecular formula is C30H33F3N6OS2. The first kappa shape index (κ1) is 28.0. The maximum Gasteiger partial charge on any atom is 0.420 e. The van der Waals surface area contributed by atoms with E-state index in [0.29, 0.717) is 28.3 Å². The summed E-state index contributed by atoms with van der Waals surface area (Å²) in [6.07, 6.45) is 0.370. The van der Waals surface area contributed by atoms with E-state index in [1.165, 1.54) is 17.4 Å². The number of carbonyl (C=O) groups excluding carboxylic acids is 1. The zero-order valence-electron chi connectivity index (χ0n) is 23.6. The van der Waals surface area contributed by atoms with Crippen molar-refractivity contribution in [3.63, 3.8) is 0 Å². The molecule has 3 aromatic rings. The fourth-order valence-corrected chi connectivity index (χ4v) is 8.12. The van der Waals surface area contributed by atoms with Gasteiger partial charge in [-0.2, -0.15) is 13.2 Å². The number of hydrogen-bond donors (Lipinski definition) is 1. The number of carbonyl (C=O) groups is 1. The van der Waals surface area contributed by atoms with E-state index in [1.807, 2.05) is 11.0 Å². The summed E-state index contributed by atoms with van der Waals surface area (Å²) >= 11 is 2.63. The highest BCUT2D eigenvalue weighted by Crippen LogP contribution is 2.47. The number of nitrogens with zero attached hydrogens (tertiary/aromatic N) is 5. The molecule has 1 unspecified atom stereocenters. The van der Waals surface area contributed by atoms with E-state index < -0.39 is 11.7 Å². The first-order valence-electron chi connectivity index (χ1n) is 14.5. The number of halogens is 3. The van der Waals surface area contributed by atoms with Crippen molar-refractivity contribution in [1.29, 1.82) is 0 Å². The van der Waals surface area contributed by atoms with Crippen LogP contribution < -0.4 is 10.2 Å². The number of thioether (sulfide) groups is 1. The number of fused-ring (bicyclic) bond motifs is 1. The van der Waals surface area contributed by atoms with Gasteiger partial charge >= 0.3 is 6.18 Å². The van der Waals surface area contributed by atoms with Crippen molar-refractivity contribution in [3.8, 4) is 10.6 Å². The van der Waals surface area contributed by atoms with Gasteiger partial charge in [-0.15, -0.1) is 23.1 Å². The molecule has 12 heteroatoms. The van der Waals surface area contributed by atoms with Crippen molar-refractivity contribution in [3.05, 3.63) is 46.5 Å². The molecular weight excluding hydrogens is 581 g/mol. The van der Waals surface area contributed by atoms with Gasteiger partial charge in [0.2, 0.25) is 5.95 Å². The van der Waals surface area contributed by atoms with Gasteiger partial charge in [-0.1, -0.05) is 0 Å². The van der Waals surface area contributed by atoms with Crippen LogP contribution in [0, 0.1) is 0 Å². The van der Waals surface area contributed by atoms with Crippen LogP contribution in [0.4, 0.5) is 30.5 Å². The number of rotatable bonds is 6. The Kier molecular flexibility index (Phi) is 7.13. The lowest BCUT2D eigenvalue weighted by atomic mass is 10.1. The maximum absolute atomic E-state index is 14.2. The highest BCUT2D eigenvalue weighted by atomic mass is 32.2. The van der Waals surface area contributed by atoms with E-state index in [0.717, 1.165) is 84.8 Å². The summed E-state index contributed by atoms with van der Waals surface area (Å²) in [6, 6.07) is 8.69. The zero-order chi connectivity index (χ0) is 29.2. The minimum absolute atomic E-state index is 0.0846. The topological polar surface area (TPSA) is 64.6 Å². The van der Waals surface area contributed by atoms with Gasteiger partial charge in [0.05, 0.1) is 10.6 Å². The Morgan fingerprint density at radius 1 is 1.07 bits per heavy atom. The molecule has 1 N–H and O–H groups in total. The zero-order valence-corrected chi connectivity index (χ0v) is 25.2. The smallest absolute Gasteiger partial charge is 0.369 e. The third kappa shape index (κ3) is 5.48. The highest BCUT2D eigenvalue weighted by molar-refractivity contribution is 7.99. The monoisotopic (exact) mass is 614 g/mol. The quantitative estimate of drug-likeness (QED) is 0.332. The maximum atomic E-state index is 14.2. The van der Waals surface area contributed by atoms with E-state index in [9.17, 15) is 18.0 Å². The van der Waals surface area contributed by atoms with Gasteiger partial charge in [0.15, 0.2) is 0 Å². The molecule has 1 saturated heterocycles. The van der Waals surface area contributed by atoms with Crippen LogP contribution in [0.3, 0.4) is 0 Å². The molecule has 7 rings (SSSR count). The molecule has 1 atom stereocenters. The van der Waals surface area contributed by atoms with Gasteiger partial charge in [-0.05, 0) is 75.4 Å². The third-order valence-electron chi connectivity index (χ3n) is 8.68. The minimum atomic E-state index is -4.63. The number of amides is 1. The largest absolute Gasteiger partial charge is 0.420 e. The molecule has 2 aliphatic carbocycles. The van der Waals surface area contributed by atoms with Gasteiger partial charge in [-0.25, -0.2) is 9.97 Å². The molecule has 42 heavy (non-hydrogen) atoms. The first-order valence-corrected chi connectivity index (χ1v) is 16.3. The second-order valence-electron chi connectivity index (χ2n) is 11.8. The fraction of sp³-hybridized carbons (Fsp3) is 0.500. The molecule has 222 valence electrons. The van der Waals surface area contributed by atoms with Crippen molar-refractivity contribution in [2.75, 3.05) is 49.2 Å². The predicted molar refractivity (Wildman–Crippen MR) is 161 cm³/mol. The number of alkyl halides is 3. The standard InChI is InChI=1S/C30H33F3N6OS2/c1-17-16-38(10-9-37(17)2)20-7-8-23(21(13-20)18-3-4-18)35-29-34-15-22(30(31,32)33)26(36-29)24-14-25-27(42-24)28(40)39(11-12-41-25)19-5-6-19/h7-8,13-15,17-19H,3-6,9-12,16H2,1-2H3,(H,34,35,36). The van der Waals surface area contributed by atoms with Gasteiger partial charge in [-0.3, -0.25) is 4.79 Å². The van der Waals surface area contributed by atoms with Crippen molar-refractivity contribution >= 4 is 46.3 Å². The van der Waals surface area contributed by atoms with E-state index >= 15 is 0 Å². The van der Waals surface area contributed by atoms with Gasteiger partial charge in [0.25, 0.3) is 5.91 Å². The molecule has 1 amide bonds. The van der Waals surface area contributed by atoms with Gasteiger partial charge in [0, 0.05) is 66.5 Å². The van der Waals surface area contributed by atoms with Crippen LogP contribution in [0.5, 0.6) is 0 Å². The number of hydrogen-bond acceptors (Lipinski definition) is 8. The number of aromatic nitrogens is 2. The molecule has 7 nitrogen and oxygen atoms in total. The van der Waals surface area contributed by atoms with Crippen LogP contribution in [-0.2, 0) is 6.18 Å². The number of benzene rings is 1. The van der Waals surface area contributed by atoms with Crippen LogP contribution in [0.15, 0.2) is 35.4 Å². The molecule has 1 aromatic carbocycles. The van der Waals surface area contributed by atoms with E-state index in [4.69, 9.17) is 0 Å². The van der Waals surface area contributed by atoms with Crippen LogP contribution in [0.1, 0.15) is 59.3 Å². The number of likely N-dealkylation sites (N-methyl/N-ethyl adjacent to an activating group) is 1. The predicted octanol–water partition coefficient (Wildman–Crippen LogP) is 6.70. The van der Waals surface area contributed by atoms with E-state index in [1.54, 1.807) is 6.07 Å². The SMILES string of the molecule is CC1CN(c2ccc(Nc3ncc(C(F)(F)F)c(-c4cc5c(s4)C(=O)N(C4CC4)CCS5)n3)c(C3CC3)c2)CCN1C. The number of anilines is 3. The molecule has 2 aromatic heterocycles. The van der Waals surface area contributed by atoms with Crippen molar-refractivity contribution < 1.29 is 18.0 Å². The Bertz CT molecular complexity index is 1520. The first-order chi connectivity index (χ1) is 20.2. The summed E-state index contributed by atoms with van der Waals surface area (Å²) in [7, 11) is 2.15. The van der Waals surface area contributed by atoms with Gasteiger partial charge in [0.1, 0.15) is 10.4 Å². The van der Waals surface area contributed by atoms with Crippen LogP contribution in [0.2, 0.25) is 0 Å². The van der Waals surface area contributed by atoms with Crippen molar-refractivity contribution in [2.24, 2.45) is 0 Å². The van der Waals surface area contributed by atoms with Gasteiger partial charge < -0.3 is 20.0 Å². The lowest BCUT2D eigenvalue weighted by Crippen LogP contribution is -2.50. The molecule has 4 heterocycles. The average Bonchev–Trinajstić information content (AvgIpc) is 3.89. The Balaban J connectivity index is 1.21. The Morgan fingerprint density at radius 2 is 1.88 bits per heavy atom. The molecule has 4 aliphatic rings. The summed E-state index contributed by atoms with van der Waals surface area (Å²) in [5.41, 5.74) is 2.04. The Morgan fingerprint density at radius 3 is 2.60 bits per heavy atom. The minimum Gasteiger partial charge on any atom is -0.369 e. The summed E-state index contributed by atoms with van der Waals surface area (Å²) in [5, 5.41) is 3.25. The highest BCUT2D eigenvalue weighted by Gasteiger charge is 2.39. The normalized spacial score (nSPS) is 21.8. The average molecular weight is 615 g/mol. The number of nitrogens with one attached hydrogen (secondary N) is 1. The van der Waals surface area contributed by atoms with E-state index in [-0.39, 0.29) is 23.6 Å². The molecule has 0 bridgehead atoms. The Labute approximate surface area is 251 Å². The van der Waals surface area contributed by atoms with Crippen LogP contribution in [0.25, 0.3) is 10.6 Å². The van der Waals surface area contributed by atoms with Crippen molar-refractivity contribution in [2.45, 2.75) is 61.7 Å². The van der Waals surface area contributed by atoms with Crippen LogP contribution >= 0.6 is 23.1 Å². The van der Waals surface area contributed by atoms with Crippen LogP contribution in [-0.4, -0.2) is 76.7 Å². The third-order valence-corrected chi connectivity index (χ3v) is 11.0. The second kappa shape index (κ2) is 10.7. The molecule has 2 saturated carbocycles. The molecule has 3 fully saturated rings. The second-order valence-corrected chi connectivity index (χ2v) is 14.0. The Hall–Kier alpha value is -2.83. The van der Waals surface area contributed by atoms with Crippen molar-refractivity contribution in [1.82, 2.24) is 19.8 Å². The molecule has 2 aliphatic heterocycles. The molecule has 0 radical (unpaired) electrons. The lowest BCUT2D eigenvalue weighted by molar-refractivity contribution is -0.137. The fourth-order valence-electron chi connectivity index (χ4n) is 5.80. The summed E-state index contributed by atoms with van der Waals surface area (Å²) in [6.45, 7) is 5.79.